The van der Waals surface area contributed by atoms with Gasteiger partial charge in [-0.1, -0.05) is 88.0 Å². The number of hydrogen-bond acceptors (Lipinski definition) is 3. The quantitative estimate of drug-likeness (QED) is 0.110. The van der Waals surface area contributed by atoms with Crippen molar-refractivity contribution in [3.05, 3.63) is 7.43 Å². The second-order valence-corrected chi connectivity index (χ2v) is 21.7. The molecule has 0 fully saturated rings. The Bertz CT molecular complexity index is 427. The van der Waals surface area contributed by atoms with Crippen molar-refractivity contribution in [3.63, 3.8) is 0 Å². The number of nitrogens with zero attached hydrogens (tertiary/aromatic N) is 1. The molecule has 0 aliphatic rings. The average molecular weight is 828 g/mol. The van der Waals surface area contributed by atoms with Crippen LogP contribution in [0.3, 0.4) is 0 Å². The molecular weight excluding hydrogens is 788 g/mol. The molecule has 2 N–H and O–H groups in total. The van der Waals surface area contributed by atoms with Gasteiger partial charge in [0, 0.05) is 31.2 Å². The molecule has 29 heavy (non-hydrogen) atoms. The Kier molecular flexibility index (Phi) is 44.0. The maximum Gasteiger partial charge on any atom is 0.144 e. The number of aldehydes is 1. The van der Waals surface area contributed by atoms with Gasteiger partial charge >= 0.3 is 0 Å². The number of hydrogen-bond donors (Lipinski definition) is 1. The Balaban J connectivity index is -0.0000000641. The van der Waals surface area contributed by atoms with E-state index in [-0.39, 0.29) is 35.5 Å². The fraction of sp³-hybridized carbons (Fsp3) is 0.833. The van der Waals surface area contributed by atoms with E-state index in [9.17, 15) is 13.2 Å². The van der Waals surface area contributed by atoms with Gasteiger partial charge in [0.1, 0.15) is 17.2 Å². The minimum absolute atomic E-state index is 0. The zero-order chi connectivity index (χ0) is 22.7. The van der Waals surface area contributed by atoms with Crippen molar-refractivity contribution in [3.8, 4) is 0 Å². The van der Waals surface area contributed by atoms with Gasteiger partial charge in [-0.2, -0.15) is 4.40 Å². The van der Waals surface area contributed by atoms with Crippen LogP contribution in [0.4, 0.5) is 0 Å². The smallest absolute Gasteiger partial charge is 0.144 e. The molecule has 0 aliphatic heterocycles. The van der Waals surface area contributed by atoms with Crippen molar-refractivity contribution in [1.82, 2.24) is 0 Å². The Morgan fingerprint density at radius 1 is 0.931 bits per heavy atom. The third kappa shape index (κ3) is 53.5. The molecule has 2 atom stereocenters. The number of nitrogens with two attached hydrogens (primary N) is 1. The van der Waals surface area contributed by atoms with Gasteiger partial charge in [-0.3, -0.25) is 5.14 Å². The van der Waals surface area contributed by atoms with Gasteiger partial charge in [0.15, 0.2) is 0 Å². The zero-order valence-corrected chi connectivity index (χ0v) is 28.7. The van der Waals surface area contributed by atoms with Crippen molar-refractivity contribution in [2.45, 2.75) is 90.5 Å². The average Bonchev–Trinajstić information content (AvgIpc) is 2.47. The van der Waals surface area contributed by atoms with E-state index in [4.69, 9.17) is 5.14 Å². The maximum atomic E-state index is 11.3. The molecule has 0 aromatic heterocycles. The van der Waals surface area contributed by atoms with E-state index in [0.29, 0.717) is 6.42 Å². The molecule has 0 spiro atoms. The van der Waals surface area contributed by atoms with Gasteiger partial charge in [-0.05, 0) is 54.4 Å². The zero-order valence-electron chi connectivity index (χ0n) is 19.2. The molecule has 0 aromatic carbocycles. The minimum Gasteiger partial charge on any atom is -0.358 e. The van der Waals surface area contributed by atoms with Crippen LogP contribution in [0.1, 0.15) is 81.1 Å². The van der Waals surface area contributed by atoms with Crippen molar-refractivity contribution >= 4 is 102 Å². The van der Waals surface area contributed by atoms with Crippen LogP contribution in [0.15, 0.2) is 4.40 Å². The molecule has 0 heterocycles. The molecule has 5 nitrogen and oxygen atoms in total. The Hall–Kier alpha value is 2.37. The Morgan fingerprint density at radius 2 is 1.24 bits per heavy atom. The molecule has 0 amide bonds. The molecule has 0 saturated carbocycles. The summed E-state index contributed by atoms with van der Waals surface area (Å²) in [7, 11) is -2.25. The molecule has 179 valence electrons. The number of alkyl halides is 3. The first-order valence-corrected chi connectivity index (χ1v) is 14.6. The monoisotopic (exact) mass is 828 g/mol. The number of carbonyl (C=O) groups is 1. The molecule has 1 radical (unpaired) electrons. The molecule has 2 unspecified atom stereocenters. The summed E-state index contributed by atoms with van der Waals surface area (Å²) >= 11 is 6.95. The van der Waals surface area contributed by atoms with E-state index in [2.05, 4.69) is 79.1 Å². The van der Waals surface area contributed by atoms with Gasteiger partial charge in [0.25, 0.3) is 0 Å². The van der Waals surface area contributed by atoms with Gasteiger partial charge in [0.2, 0.25) is 0 Å². The number of carbonyl (C=O) groups excluding carboxylic acids is 1. The van der Waals surface area contributed by atoms with E-state index in [1.807, 2.05) is 48.5 Å². The van der Waals surface area contributed by atoms with Gasteiger partial charge in [-0.15, -0.1) is 0 Å². The Morgan fingerprint density at radius 3 is 1.38 bits per heavy atom. The summed E-state index contributed by atoms with van der Waals surface area (Å²) in [4.78, 5) is 9.40. The number of rotatable bonds is 5. The van der Waals surface area contributed by atoms with E-state index >= 15 is 0 Å². The molecule has 0 aromatic rings. The predicted octanol–water partition coefficient (Wildman–Crippen LogP) is 6.73. The normalized spacial score (nSPS) is 12.4. The number of unbranched alkanes of at least 4 members (excludes halogenated alkanes) is 2. The van der Waals surface area contributed by atoms with Crippen molar-refractivity contribution in [1.29, 1.82) is 0 Å². The minimum atomic E-state index is -1.18. The van der Waals surface area contributed by atoms with E-state index in [0.717, 1.165) is 25.5 Å². The van der Waals surface area contributed by atoms with Crippen molar-refractivity contribution in [2.75, 3.05) is 0 Å². The molecule has 0 rings (SSSR count). The first-order valence-electron chi connectivity index (χ1n) is 8.54. The molecule has 0 bridgehead atoms. The van der Waals surface area contributed by atoms with Crippen LogP contribution < -0.4 is 5.14 Å². The summed E-state index contributed by atoms with van der Waals surface area (Å²) in [5.41, 5.74) is 0. The third-order valence-corrected chi connectivity index (χ3v) is 4.72. The third-order valence-electron chi connectivity index (χ3n) is 2.12. The van der Waals surface area contributed by atoms with E-state index in [1.165, 1.54) is 0 Å². The summed E-state index contributed by atoms with van der Waals surface area (Å²) in [6.45, 7) is 15.3. The van der Waals surface area contributed by atoms with Crippen molar-refractivity contribution < 1.29 is 31.8 Å². The molecule has 0 saturated heterocycles. The SMILES string of the molecule is CC(C)(C)S(N)=O.CCCC=NS(=O)C(C)(C)C.CCCC=O.IC(I)I.[CH3-].[V]. The molecule has 0 aliphatic carbocycles. The predicted molar refractivity (Wildman–Crippen MR) is 157 cm³/mol. The van der Waals surface area contributed by atoms with E-state index in [1.54, 1.807) is 6.21 Å². The van der Waals surface area contributed by atoms with Crippen molar-refractivity contribution in [2.24, 2.45) is 9.54 Å². The Labute approximate surface area is 238 Å². The first kappa shape index (κ1) is 45.0. The van der Waals surface area contributed by atoms with Gasteiger partial charge in [-0.25, -0.2) is 8.42 Å². The fourth-order valence-electron chi connectivity index (χ4n) is 0.525. The standard InChI is InChI=1S/C8H17NOS.C4H11NOS.C4H8O.CHI3.CH3.V/c1-5-6-7-9-11(10)8(2,3)4;1-4(2,3)7(5)6;1-2-3-4-5;2-1(3)4;;/h7H,5-6H2,1-4H3;5H2,1-3H3;4H,2-3H2,1H3;1H;1H3;/q;;;;-1;. The van der Waals surface area contributed by atoms with E-state index < -0.39 is 22.0 Å². The second kappa shape index (κ2) is 28.4. The number of halogens is 3. The summed E-state index contributed by atoms with van der Waals surface area (Å²) in [6, 6.07) is 0. The second-order valence-electron chi connectivity index (χ2n) is 7.05. The van der Waals surface area contributed by atoms with Crippen LogP contribution in [-0.2, 0) is 45.3 Å². The van der Waals surface area contributed by atoms with Gasteiger partial charge in [0.05, 0.1) is 20.5 Å². The summed E-state index contributed by atoms with van der Waals surface area (Å²) < 4.78 is 25.8. The van der Waals surface area contributed by atoms with Crippen LogP contribution in [-0.4, -0.2) is 30.4 Å². The van der Waals surface area contributed by atoms with Crippen LogP contribution in [0.5, 0.6) is 0 Å². The molecule has 11 heteroatoms. The fourth-order valence-corrected chi connectivity index (χ4v) is 1.08. The summed E-state index contributed by atoms with van der Waals surface area (Å²) in [5.74, 6) is 0. The topological polar surface area (TPSA) is 89.6 Å². The van der Waals surface area contributed by atoms with Gasteiger partial charge < -0.3 is 12.2 Å². The van der Waals surface area contributed by atoms with Crippen LogP contribution in [0, 0.1) is 7.43 Å². The first-order chi connectivity index (χ1) is 12.1. The summed E-state index contributed by atoms with van der Waals surface area (Å²) in [6.07, 6.45) is 6.34. The van der Waals surface area contributed by atoms with Crippen LogP contribution in [0.25, 0.3) is 0 Å². The van der Waals surface area contributed by atoms with Crippen LogP contribution >= 0.6 is 67.8 Å². The largest absolute Gasteiger partial charge is 0.358 e. The maximum absolute atomic E-state index is 11.3. The summed E-state index contributed by atoms with van der Waals surface area (Å²) in [5, 5.41) is 5.04. The van der Waals surface area contributed by atoms with Crippen LogP contribution in [0.2, 0.25) is 0 Å². The molecular formula is C18H40I3N2O3S2V-.